The smallest absolute Gasteiger partial charge is 0.0241 e. The molecule has 14 heavy (non-hydrogen) atoms. The summed E-state index contributed by atoms with van der Waals surface area (Å²) in [4.78, 5) is 0. The predicted molar refractivity (Wildman–Crippen MR) is 64.0 cm³/mol. The Morgan fingerprint density at radius 2 is 1.43 bits per heavy atom. The van der Waals surface area contributed by atoms with Gasteiger partial charge in [-0.25, -0.2) is 0 Å². The van der Waals surface area contributed by atoms with Gasteiger partial charge in [-0.3, -0.25) is 0 Å². The van der Waals surface area contributed by atoms with Crippen molar-refractivity contribution in [1.29, 1.82) is 0 Å². The lowest BCUT2D eigenvalue weighted by atomic mass is 9.85. The van der Waals surface area contributed by atoms with Crippen molar-refractivity contribution in [3.8, 4) is 0 Å². The van der Waals surface area contributed by atoms with Crippen molar-refractivity contribution in [2.75, 3.05) is 0 Å². The van der Waals surface area contributed by atoms with Gasteiger partial charge in [-0.05, 0) is 25.2 Å². The van der Waals surface area contributed by atoms with Crippen LogP contribution >= 0.6 is 0 Å². The fourth-order valence-electron chi connectivity index (χ4n) is 2.38. The highest BCUT2D eigenvalue weighted by Crippen LogP contribution is 2.29. The Kier molecular flexibility index (Phi) is 7.17. The summed E-state index contributed by atoms with van der Waals surface area (Å²) in [6.07, 6.45) is 16.9. The van der Waals surface area contributed by atoms with E-state index in [0.29, 0.717) is 0 Å². The van der Waals surface area contributed by atoms with Crippen molar-refractivity contribution in [3.63, 3.8) is 0 Å². The third kappa shape index (κ3) is 5.67. The molecular formula is C14H26. The van der Waals surface area contributed by atoms with Gasteiger partial charge in [-0.2, -0.15) is 0 Å². The summed E-state index contributed by atoms with van der Waals surface area (Å²) < 4.78 is 0. The zero-order chi connectivity index (χ0) is 10.1. The quantitative estimate of drug-likeness (QED) is 0.495. The van der Waals surface area contributed by atoms with Crippen molar-refractivity contribution in [1.82, 2.24) is 0 Å². The first-order valence-electron chi connectivity index (χ1n) is 6.56. The standard InChI is InChI=1S/C14H26/c1-2-3-4-5-6-8-11-14-12-9-7-10-13-14/h1-13H2. The van der Waals surface area contributed by atoms with Crippen LogP contribution in [0.4, 0.5) is 0 Å². The van der Waals surface area contributed by atoms with Gasteiger partial charge in [0.2, 0.25) is 0 Å². The monoisotopic (exact) mass is 194 g/mol. The van der Waals surface area contributed by atoms with Gasteiger partial charge < -0.3 is 0 Å². The molecule has 0 heteroatoms. The van der Waals surface area contributed by atoms with E-state index in [2.05, 4.69) is 6.92 Å². The molecule has 0 saturated heterocycles. The van der Waals surface area contributed by atoms with Crippen molar-refractivity contribution in [2.45, 2.75) is 77.0 Å². The van der Waals surface area contributed by atoms with Gasteiger partial charge >= 0.3 is 0 Å². The van der Waals surface area contributed by atoms with Gasteiger partial charge in [0.05, 0.1) is 0 Å². The van der Waals surface area contributed by atoms with Crippen molar-refractivity contribution in [2.24, 2.45) is 0 Å². The van der Waals surface area contributed by atoms with Gasteiger partial charge in [-0.1, -0.05) is 64.7 Å². The Morgan fingerprint density at radius 3 is 2.14 bits per heavy atom. The first-order chi connectivity index (χ1) is 6.93. The van der Waals surface area contributed by atoms with Crippen molar-refractivity contribution in [3.05, 3.63) is 12.8 Å². The molecule has 0 N–H and O–H groups in total. The van der Waals surface area contributed by atoms with Crippen LogP contribution in [0.15, 0.2) is 0 Å². The van der Waals surface area contributed by atoms with E-state index in [4.69, 9.17) is 0 Å². The summed E-state index contributed by atoms with van der Waals surface area (Å²) in [5, 5.41) is 0. The molecule has 1 saturated carbocycles. The summed E-state index contributed by atoms with van der Waals surface area (Å²) >= 11 is 0. The topological polar surface area (TPSA) is 0 Å². The summed E-state index contributed by atoms with van der Waals surface area (Å²) in [7, 11) is 0. The Balaban J connectivity index is 1.82. The first kappa shape index (κ1) is 12.1. The Bertz CT molecular complexity index is 111. The third-order valence-electron chi connectivity index (χ3n) is 3.34. The molecule has 0 aromatic rings. The molecule has 0 amide bonds. The van der Waals surface area contributed by atoms with Gasteiger partial charge in [0.15, 0.2) is 0 Å². The average Bonchev–Trinajstić information content (AvgIpc) is 2.25. The van der Waals surface area contributed by atoms with Crippen LogP contribution in [0.2, 0.25) is 0 Å². The van der Waals surface area contributed by atoms with E-state index >= 15 is 0 Å². The largest absolute Gasteiger partial charge is 0.0533 e. The second kappa shape index (κ2) is 8.32. The molecule has 82 valence electrons. The van der Waals surface area contributed by atoms with E-state index in [1.807, 2.05) is 5.92 Å². The minimum atomic E-state index is 1.12. The van der Waals surface area contributed by atoms with E-state index in [9.17, 15) is 0 Å². The average molecular weight is 194 g/mol. The zero-order valence-electron chi connectivity index (χ0n) is 9.69. The number of hydrogen-bond acceptors (Lipinski definition) is 0. The van der Waals surface area contributed by atoms with Gasteiger partial charge in [0.25, 0.3) is 0 Å². The lowest BCUT2D eigenvalue weighted by molar-refractivity contribution is 0.486. The molecule has 0 bridgehead atoms. The first-order valence-corrected chi connectivity index (χ1v) is 6.56. The van der Waals surface area contributed by atoms with E-state index in [1.165, 1.54) is 70.6 Å². The fraction of sp³-hybridized carbons (Fsp3) is 0.857. The molecule has 1 aliphatic rings. The molecule has 1 fully saturated rings. The van der Waals surface area contributed by atoms with Crippen LogP contribution in [0, 0.1) is 12.8 Å². The Morgan fingerprint density at radius 1 is 0.786 bits per heavy atom. The predicted octanol–water partition coefficient (Wildman–Crippen LogP) is 5.09. The molecule has 1 aliphatic carbocycles. The summed E-state index contributed by atoms with van der Waals surface area (Å²) in [6, 6.07) is 0. The molecule has 0 nitrogen and oxygen atoms in total. The van der Waals surface area contributed by atoms with Crippen LogP contribution in [0.3, 0.4) is 0 Å². The highest BCUT2D eigenvalue weighted by atomic mass is 14.2. The SMILES string of the molecule is [CH2]CCCCCCC[C]1CCCCC1. The maximum Gasteiger partial charge on any atom is -0.0241 e. The molecule has 0 unspecified atom stereocenters. The minimum absolute atomic E-state index is 1.12. The van der Waals surface area contributed by atoms with Gasteiger partial charge in [-0.15, -0.1) is 0 Å². The molecule has 0 aromatic carbocycles. The Labute approximate surface area is 90.5 Å². The van der Waals surface area contributed by atoms with Crippen molar-refractivity contribution < 1.29 is 0 Å². The third-order valence-corrected chi connectivity index (χ3v) is 3.34. The second-order valence-electron chi connectivity index (χ2n) is 4.68. The molecular weight excluding hydrogens is 168 g/mol. The van der Waals surface area contributed by atoms with E-state index < -0.39 is 0 Å². The van der Waals surface area contributed by atoms with Crippen LogP contribution in [-0.2, 0) is 0 Å². The lowest BCUT2D eigenvalue weighted by Crippen LogP contribution is -2.03. The fourth-order valence-corrected chi connectivity index (χ4v) is 2.38. The van der Waals surface area contributed by atoms with Crippen LogP contribution in [0.5, 0.6) is 0 Å². The van der Waals surface area contributed by atoms with Crippen LogP contribution in [0.25, 0.3) is 0 Å². The van der Waals surface area contributed by atoms with E-state index in [0.717, 1.165) is 6.42 Å². The Hall–Kier alpha value is 0. The second-order valence-corrected chi connectivity index (χ2v) is 4.68. The molecule has 0 spiro atoms. The summed E-state index contributed by atoms with van der Waals surface area (Å²) in [5.41, 5.74) is 0. The van der Waals surface area contributed by atoms with Gasteiger partial charge in [0.1, 0.15) is 0 Å². The normalized spacial score (nSPS) is 18.6. The molecule has 0 aromatic heterocycles. The maximum absolute atomic E-state index is 3.87. The highest BCUT2D eigenvalue weighted by molar-refractivity contribution is 4.91. The number of rotatable bonds is 7. The molecule has 0 aliphatic heterocycles. The summed E-state index contributed by atoms with van der Waals surface area (Å²) in [6.45, 7) is 3.87. The molecule has 2 radical (unpaired) electrons. The highest BCUT2D eigenvalue weighted by Gasteiger charge is 2.12. The molecule has 0 heterocycles. The maximum atomic E-state index is 3.87. The van der Waals surface area contributed by atoms with Crippen LogP contribution in [0.1, 0.15) is 77.0 Å². The lowest BCUT2D eigenvalue weighted by Gasteiger charge is -2.20. The van der Waals surface area contributed by atoms with E-state index in [1.54, 1.807) is 0 Å². The van der Waals surface area contributed by atoms with E-state index in [-0.39, 0.29) is 0 Å². The molecule has 1 rings (SSSR count). The van der Waals surface area contributed by atoms with Crippen LogP contribution < -0.4 is 0 Å². The summed E-state index contributed by atoms with van der Waals surface area (Å²) in [5.74, 6) is 1.87. The number of hydrogen-bond donors (Lipinski definition) is 0. The number of unbranched alkanes of at least 4 members (excludes halogenated alkanes) is 5. The van der Waals surface area contributed by atoms with Gasteiger partial charge in [0, 0.05) is 0 Å². The molecule has 0 atom stereocenters. The van der Waals surface area contributed by atoms with Crippen LogP contribution in [-0.4, -0.2) is 0 Å². The van der Waals surface area contributed by atoms with Crippen molar-refractivity contribution >= 4 is 0 Å². The minimum Gasteiger partial charge on any atom is -0.0533 e. The zero-order valence-corrected chi connectivity index (χ0v) is 9.69.